The van der Waals surface area contributed by atoms with Gasteiger partial charge >= 0.3 is 0 Å². The summed E-state index contributed by atoms with van der Waals surface area (Å²) in [5.74, 6) is 2.44. The average molecular weight is 217 g/mol. The van der Waals surface area contributed by atoms with E-state index in [-0.39, 0.29) is 0 Å². The first kappa shape index (κ1) is 12.0. The van der Waals surface area contributed by atoms with Crippen molar-refractivity contribution in [2.24, 2.45) is 5.92 Å². The van der Waals surface area contributed by atoms with Crippen molar-refractivity contribution >= 4 is 0 Å². The van der Waals surface area contributed by atoms with Gasteiger partial charge in [0.15, 0.2) is 0 Å². The minimum absolute atomic E-state index is 0.873. The van der Waals surface area contributed by atoms with Gasteiger partial charge in [0.2, 0.25) is 0 Å². The Hall–Kier alpha value is -0.520. The molecule has 1 fully saturated rings. The van der Waals surface area contributed by atoms with E-state index in [9.17, 15) is 0 Å². The van der Waals surface area contributed by atoms with E-state index in [4.69, 9.17) is 0 Å². The van der Waals surface area contributed by atoms with E-state index in [1.165, 1.54) is 57.8 Å². The van der Waals surface area contributed by atoms with Crippen LogP contribution in [0, 0.1) is 11.8 Å². The van der Waals surface area contributed by atoms with Crippen molar-refractivity contribution in [1.29, 1.82) is 0 Å². The lowest BCUT2D eigenvalue weighted by atomic mass is 9.91. The third-order valence-electron chi connectivity index (χ3n) is 3.99. The Labute approximate surface area is 101 Å². The monoisotopic (exact) mass is 217 g/mol. The minimum atomic E-state index is 0.873. The molecule has 0 spiro atoms. The van der Waals surface area contributed by atoms with Crippen LogP contribution in [-0.4, -0.2) is 0 Å². The highest BCUT2D eigenvalue weighted by Gasteiger charge is 2.19. The Bertz CT molecular complexity index is 251. The van der Waals surface area contributed by atoms with E-state index >= 15 is 0 Å². The smallest absolute Gasteiger partial charge is 0.0196 e. The lowest BCUT2D eigenvalue weighted by Crippen LogP contribution is -2.00. The van der Waals surface area contributed by atoms with Crippen LogP contribution in [0.4, 0.5) is 0 Å². The summed E-state index contributed by atoms with van der Waals surface area (Å²) in [6.07, 6.45) is 19.8. The third-order valence-corrected chi connectivity index (χ3v) is 3.99. The highest BCUT2D eigenvalue weighted by molar-refractivity contribution is 5.42. The molecule has 0 N–H and O–H groups in total. The third kappa shape index (κ3) is 3.23. The maximum atomic E-state index is 2.48. The molecule has 2 aliphatic carbocycles. The summed E-state index contributed by atoms with van der Waals surface area (Å²) >= 11 is 0. The molecule has 1 saturated carbocycles. The molecule has 0 amide bonds. The normalized spacial score (nSPS) is 23.4. The molecule has 1 radical (unpaired) electrons. The molecule has 89 valence electrons. The van der Waals surface area contributed by atoms with Crippen molar-refractivity contribution in [3.05, 3.63) is 29.7 Å². The Balaban J connectivity index is 1.87. The van der Waals surface area contributed by atoms with E-state index in [0.29, 0.717) is 0 Å². The molecule has 0 saturated heterocycles. The zero-order valence-electron chi connectivity index (χ0n) is 10.7. The molecule has 2 aliphatic rings. The predicted molar refractivity (Wildman–Crippen MR) is 71.2 cm³/mol. The fourth-order valence-electron chi connectivity index (χ4n) is 2.92. The van der Waals surface area contributed by atoms with Crippen LogP contribution in [0.5, 0.6) is 0 Å². The van der Waals surface area contributed by atoms with Crippen molar-refractivity contribution in [3.63, 3.8) is 0 Å². The van der Waals surface area contributed by atoms with Crippen LogP contribution in [0.25, 0.3) is 0 Å². The Morgan fingerprint density at radius 3 is 2.50 bits per heavy atom. The van der Waals surface area contributed by atoms with Crippen LogP contribution in [0.3, 0.4) is 0 Å². The van der Waals surface area contributed by atoms with Crippen LogP contribution >= 0.6 is 0 Å². The fraction of sp³-hybridized carbons (Fsp3) is 0.688. The van der Waals surface area contributed by atoms with Crippen LogP contribution in [0.2, 0.25) is 0 Å². The fourth-order valence-corrected chi connectivity index (χ4v) is 2.92. The molecular weight excluding hydrogens is 192 g/mol. The maximum Gasteiger partial charge on any atom is 0.0196 e. The van der Waals surface area contributed by atoms with Gasteiger partial charge in [-0.3, -0.25) is 0 Å². The van der Waals surface area contributed by atoms with E-state index in [1.807, 2.05) is 0 Å². The van der Waals surface area contributed by atoms with Gasteiger partial charge in [-0.05, 0) is 30.8 Å². The second kappa shape index (κ2) is 6.27. The van der Waals surface area contributed by atoms with E-state index in [1.54, 1.807) is 11.5 Å². The molecule has 2 rings (SSSR count). The largest absolute Gasteiger partial charge is 0.0731 e. The molecule has 16 heavy (non-hydrogen) atoms. The molecule has 0 aromatic heterocycles. The Morgan fingerprint density at radius 2 is 1.81 bits per heavy atom. The minimum Gasteiger partial charge on any atom is -0.0731 e. The van der Waals surface area contributed by atoms with Crippen molar-refractivity contribution in [3.8, 4) is 0 Å². The molecule has 0 aliphatic heterocycles. The van der Waals surface area contributed by atoms with Crippen LogP contribution in [0.1, 0.15) is 64.7 Å². The second-order valence-electron chi connectivity index (χ2n) is 5.34. The van der Waals surface area contributed by atoms with E-state index in [0.717, 1.165) is 5.92 Å². The number of rotatable bonds is 4. The molecule has 0 aromatic rings. The number of unbranched alkanes of at least 4 members (excludes halogenated alkanes) is 1. The van der Waals surface area contributed by atoms with Crippen molar-refractivity contribution in [2.45, 2.75) is 64.7 Å². The first-order valence-electron chi connectivity index (χ1n) is 7.15. The van der Waals surface area contributed by atoms with E-state index in [2.05, 4.69) is 25.2 Å². The quantitative estimate of drug-likeness (QED) is 0.566. The predicted octanol–water partition coefficient (Wildman–Crippen LogP) is 5.22. The highest BCUT2D eigenvalue weighted by Crippen LogP contribution is 2.34. The average Bonchev–Trinajstić information content (AvgIpc) is 2.60. The second-order valence-corrected chi connectivity index (χ2v) is 5.34. The summed E-state index contributed by atoms with van der Waals surface area (Å²) in [5, 5.41) is 0. The molecule has 0 nitrogen and oxygen atoms in total. The molecule has 0 bridgehead atoms. The summed E-state index contributed by atoms with van der Waals surface area (Å²) in [7, 11) is 0. The molecule has 0 heteroatoms. The van der Waals surface area contributed by atoms with Gasteiger partial charge in [0.25, 0.3) is 0 Å². The van der Waals surface area contributed by atoms with Crippen molar-refractivity contribution in [1.82, 2.24) is 0 Å². The topological polar surface area (TPSA) is 0 Å². The van der Waals surface area contributed by atoms with Gasteiger partial charge in [-0.25, -0.2) is 0 Å². The van der Waals surface area contributed by atoms with Gasteiger partial charge in [-0.1, -0.05) is 63.7 Å². The van der Waals surface area contributed by atoms with E-state index < -0.39 is 0 Å². The number of hydrogen-bond donors (Lipinski definition) is 0. The zero-order valence-corrected chi connectivity index (χ0v) is 10.7. The standard InChI is InChI=1S/C16H25/c1-2-3-8-14-11-12-16(13-14)15-9-6-4-5-7-10-15/h11-13,15H,2-10H2,1H3. The van der Waals surface area contributed by atoms with Gasteiger partial charge in [0.05, 0.1) is 0 Å². The molecule has 0 atom stereocenters. The summed E-state index contributed by atoms with van der Waals surface area (Å²) in [5.41, 5.74) is 1.63. The number of allylic oxidation sites excluding steroid dienone is 4. The Morgan fingerprint density at radius 1 is 1.06 bits per heavy atom. The van der Waals surface area contributed by atoms with Crippen molar-refractivity contribution < 1.29 is 0 Å². The maximum absolute atomic E-state index is 2.48. The summed E-state index contributed by atoms with van der Waals surface area (Å²) in [6.45, 7) is 2.27. The molecule has 0 aromatic carbocycles. The first-order chi connectivity index (χ1) is 7.90. The van der Waals surface area contributed by atoms with Gasteiger partial charge in [0, 0.05) is 5.92 Å². The number of hydrogen-bond acceptors (Lipinski definition) is 0. The highest BCUT2D eigenvalue weighted by atomic mass is 14.2. The first-order valence-corrected chi connectivity index (χ1v) is 7.15. The lowest BCUT2D eigenvalue weighted by molar-refractivity contribution is 0.540. The lowest BCUT2D eigenvalue weighted by Gasteiger charge is -2.14. The van der Waals surface area contributed by atoms with Crippen LogP contribution < -0.4 is 0 Å². The summed E-state index contributed by atoms with van der Waals surface area (Å²) in [6, 6.07) is 0. The SMILES string of the molecule is CCCC[C]1C=CC(C2CCCCCC2)=C1. The molecular formula is C16H25. The summed E-state index contributed by atoms with van der Waals surface area (Å²) in [4.78, 5) is 0. The summed E-state index contributed by atoms with van der Waals surface area (Å²) < 4.78 is 0. The zero-order chi connectivity index (χ0) is 11.2. The van der Waals surface area contributed by atoms with Gasteiger partial charge in [-0.2, -0.15) is 0 Å². The van der Waals surface area contributed by atoms with Crippen LogP contribution in [-0.2, 0) is 0 Å². The van der Waals surface area contributed by atoms with Crippen molar-refractivity contribution in [2.75, 3.05) is 0 Å². The van der Waals surface area contributed by atoms with Crippen LogP contribution in [0.15, 0.2) is 23.8 Å². The molecule has 0 heterocycles. The van der Waals surface area contributed by atoms with Gasteiger partial charge in [0.1, 0.15) is 0 Å². The van der Waals surface area contributed by atoms with Gasteiger partial charge < -0.3 is 0 Å². The molecule has 0 unspecified atom stereocenters. The Kier molecular flexibility index (Phi) is 4.69. The van der Waals surface area contributed by atoms with Gasteiger partial charge in [-0.15, -0.1) is 0 Å².